The van der Waals surface area contributed by atoms with Gasteiger partial charge in [-0.2, -0.15) is 0 Å². The third-order valence-corrected chi connectivity index (χ3v) is 8.97. The number of nitrogens with two attached hydrogens (primary N) is 2. The monoisotopic (exact) mass is 685 g/mol. The maximum atomic E-state index is 13.9. The normalized spacial score (nSPS) is 16.2. The van der Waals surface area contributed by atoms with Crippen molar-refractivity contribution in [3.63, 3.8) is 0 Å². The van der Waals surface area contributed by atoms with E-state index in [1.807, 2.05) is 58.0 Å². The van der Waals surface area contributed by atoms with Gasteiger partial charge < -0.3 is 36.8 Å². The largest absolute Gasteiger partial charge is 0.368 e. The van der Waals surface area contributed by atoms with Crippen molar-refractivity contribution >= 4 is 35.4 Å². The predicted octanol–water partition coefficient (Wildman–Crippen LogP) is 1.57. The maximum absolute atomic E-state index is 13.9. The van der Waals surface area contributed by atoms with Crippen molar-refractivity contribution in [2.24, 2.45) is 23.3 Å². The van der Waals surface area contributed by atoms with Gasteiger partial charge in [0.15, 0.2) is 0 Å². The number of primary amides is 1. The first-order valence-corrected chi connectivity index (χ1v) is 17.5. The molecule has 2 rings (SSSR count). The Hall–Kier alpha value is -4.00. The second-order valence-corrected chi connectivity index (χ2v) is 14.2. The van der Waals surface area contributed by atoms with Crippen molar-refractivity contribution in [1.29, 1.82) is 0 Å². The summed E-state index contributed by atoms with van der Waals surface area (Å²) in [7, 11) is 3.00. The van der Waals surface area contributed by atoms with E-state index in [1.54, 1.807) is 4.90 Å². The van der Waals surface area contributed by atoms with Gasteiger partial charge in [0.05, 0.1) is 12.5 Å². The molecule has 1 aromatic rings. The van der Waals surface area contributed by atoms with Crippen molar-refractivity contribution in [2.45, 2.75) is 116 Å². The first-order chi connectivity index (χ1) is 23.0. The minimum Gasteiger partial charge on any atom is -0.368 e. The van der Waals surface area contributed by atoms with Gasteiger partial charge in [0, 0.05) is 27.2 Å². The van der Waals surface area contributed by atoms with E-state index in [0.29, 0.717) is 38.8 Å². The number of likely N-dealkylation sites (N-methyl/N-ethyl adjacent to an activating group) is 2. The summed E-state index contributed by atoms with van der Waals surface area (Å²) in [5.41, 5.74) is 12.9. The van der Waals surface area contributed by atoms with Gasteiger partial charge >= 0.3 is 0 Å². The molecule has 13 heteroatoms. The molecule has 6 N–H and O–H groups in total. The Morgan fingerprint density at radius 2 is 1.35 bits per heavy atom. The second kappa shape index (κ2) is 19.9. The number of rotatable bonds is 18. The highest BCUT2D eigenvalue weighted by atomic mass is 16.2. The van der Waals surface area contributed by atoms with E-state index in [-0.39, 0.29) is 11.8 Å². The molecule has 1 heterocycles. The van der Waals surface area contributed by atoms with Gasteiger partial charge in [0.25, 0.3) is 0 Å². The molecule has 0 spiro atoms. The first kappa shape index (κ1) is 41.2. The van der Waals surface area contributed by atoms with Gasteiger partial charge in [-0.15, -0.1) is 0 Å². The number of hydrogen-bond donors (Lipinski definition) is 4. The molecule has 49 heavy (non-hydrogen) atoms. The van der Waals surface area contributed by atoms with E-state index in [0.717, 1.165) is 24.8 Å². The number of aryl methyl sites for hydroxylation is 1. The van der Waals surface area contributed by atoms with Gasteiger partial charge in [-0.05, 0) is 69.3 Å². The zero-order valence-corrected chi connectivity index (χ0v) is 30.4. The minimum absolute atomic E-state index is 0.0230. The van der Waals surface area contributed by atoms with Gasteiger partial charge in [-0.25, -0.2) is 0 Å². The van der Waals surface area contributed by atoms with E-state index in [4.69, 9.17) is 11.5 Å². The van der Waals surface area contributed by atoms with Crippen molar-refractivity contribution in [3.05, 3.63) is 35.9 Å². The van der Waals surface area contributed by atoms with Crippen LogP contribution in [0.25, 0.3) is 0 Å². The van der Waals surface area contributed by atoms with Crippen molar-refractivity contribution in [3.8, 4) is 0 Å². The Labute approximate surface area is 291 Å². The Balaban J connectivity index is 2.21. The number of piperidine rings is 1. The summed E-state index contributed by atoms with van der Waals surface area (Å²) in [6.45, 7) is 10.2. The summed E-state index contributed by atoms with van der Waals surface area (Å²) in [4.78, 5) is 83.9. The summed E-state index contributed by atoms with van der Waals surface area (Å²) in [6, 6.07) is 4.82. The Bertz CT molecular complexity index is 1270. The zero-order chi connectivity index (χ0) is 36.8. The molecule has 1 aromatic carbocycles. The Kier molecular flexibility index (Phi) is 16.7. The fourth-order valence-corrected chi connectivity index (χ4v) is 6.11. The minimum atomic E-state index is -1.23. The van der Waals surface area contributed by atoms with E-state index >= 15 is 0 Å². The lowest BCUT2D eigenvalue weighted by atomic mass is 9.99. The fourth-order valence-electron chi connectivity index (χ4n) is 6.11. The molecule has 6 amide bonds. The van der Waals surface area contributed by atoms with Crippen molar-refractivity contribution in [2.75, 3.05) is 27.2 Å². The molecule has 5 atom stereocenters. The van der Waals surface area contributed by atoms with Crippen molar-refractivity contribution in [1.82, 2.24) is 25.3 Å². The van der Waals surface area contributed by atoms with E-state index in [1.165, 1.54) is 30.8 Å². The molecule has 0 bridgehead atoms. The number of likely N-dealkylation sites (tertiary alicyclic amines) is 1. The van der Waals surface area contributed by atoms with Crippen LogP contribution in [-0.4, -0.2) is 108 Å². The molecule has 274 valence electrons. The topological polar surface area (TPSA) is 188 Å². The van der Waals surface area contributed by atoms with Crippen LogP contribution in [0.2, 0.25) is 0 Å². The molecule has 1 unspecified atom stereocenters. The SMILES string of the molecule is CC(C)CC(C(N)=O)N(C)C(=O)[C@@H](C)NC(=O)C[C@H](NC(=O)[C@H](CC(C)C)N(C)C(=O)[C@@H](N)CCc1ccccc1)C(=O)N1CCCCC1. The van der Waals surface area contributed by atoms with E-state index in [9.17, 15) is 28.8 Å². The quantitative estimate of drug-likeness (QED) is 0.180. The average molecular weight is 686 g/mol. The number of hydrogen-bond acceptors (Lipinski definition) is 7. The third-order valence-electron chi connectivity index (χ3n) is 8.97. The third kappa shape index (κ3) is 13.1. The highest BCUT2D eigenvalue weighted by Gasteiger charge is 2.36. The van der Waals surface area contributed by atoms with Crippen LogP contribution in [0.4, 0.5) is 0 Å². The number of carbonyl (C=O) groups is 6. The molecule has 1 fully saturated rings. The summed E-state index contributed by atoms with van der Waals surface area (Å²) >= 11 is 0. The average Bonchev–Trinajstić information content (AvgIpc) is 3.06. The van der Waals surface area contributed by atoms with Crippen LogP contribution < -0.4 is 22.1 Å². The van der Waals surface area contributed by atoms with Crippen LogP contribution in [0.15, 0.2) is 30.3 Å². The van der Waals surface area contributed by atoms with Crippen LogP contribution in [0.5, 0.6) is 0 Å². The number of nitrogens with zero attached hydrogens (tertiary/aromatic N) is 3. The molecule has 0 aliphatic carbocycles. The zero-order valence-electron chi connectivity index (χ0n) is 30.4. The van der Waals surface area contributed by atoms with Crippen LogP contribution in [-0.2, 0) is 35.2 Å². The fraction of sp³-hybridized carbons (Fsp3) is 0.667. The smallest absolute Gasteiger partial charge is 0.245 e. The lowest BCUT2D eigenvalue weighted by molar-refractivity contribution is -0.144. The lowest BCUT2D eigenvalue weighted by Crippen LogP contribution is -2.58. The molecule has 13 nitrogen and oxygen atoms in total. The highest BCUT2D eigenvalue weighted by Crippen LogP contribution is 2.17. The van der Waals surface area contributed by atoms with Gasteiger partial charge in [-0.1, -0.05) is 58.0 Å². The molecular weight excluding hydrogens is 626 g/mol. The lowest BCUT2D eigenvalue weighted by Gasteiger charge is -2.34. The Morgan fingerprint density at radius 3 is 1.90 bits per heavy atom. The molecule has 1 aliphatic heterocycles. The van der Waals surface area contributed by atoms with Crippen LogP contribution in [0.1, 0.15) is 85.1 Å². The number of benzene rings is 1. The van der Waals surface area contributed by atoms with Crippen LogP contribution in [0, 0.1) is 11.8 Å². The van der Waals surface area contributed by atoms with Crippen LogP contribution in [0.3, 0.4) is 0 Å². The molecule has 0 aromatic heterocycles. The summed E-state index contributed by atoms with van der Waals surface area (Å²) < 4.78 is 0. The maximum Gasteiger partial charge on any atom is 0.245 e. The molecule has 0 radical (unpaired) electrons. The number of nitrogens with one attached hydrogen (secondary N) is 2. The van der Waals surface area contributed by atoms with Crippen molar-refractivity contribution < 1.29 is 28.8 Å². The Morgan fingerprint density at radius 1 is 0.796 bits per heavy atom. The second-order valence-electron chi connectivity index (χ2n) is 14.2. The van der Waals surface area contributed by atoms with Gasteiger partial charge in [0.2, 0.25) is 35.4 Å². The number of carbonyl (C=O) groups excluding carboxylic acids is 6. The van der Waals surface area contributed by atoms with Gasteiger partial charge in [-0.3, -0.25) is 28.8 Å². The predicted molar refractivity (Wildman–Crippen MR) is 189 cm³/mol. The summed E-state index contributed by atoms with van der Waals surface area (Å²) in [5.74, 6) is -3.02. The van der Waals surface area contributed by atoms with Gasteiger partial charge in [0.1, 0.15) is 24.2 Å². The number of amides is 6. The summed E-state index contributed by atoms with van der Waals surface area (Å²) in [6.07, 6.45) is 3.84. The standard InChI is InChI=1S/C36H59N7O6/c1-23(2)20-29(32(38)45)41(6)34(47)25(5)39-31(44)22-28(36(49)43-18-12-9-13-19-43)40-33(46)30(21-24(3)4)42(7)35(48)27(37)17-16-26-14-10-8-11-15-26/h8,10-11,14-15,23-25,27-30H,9,12-13,16-22,37H2,1-7H3,(H2,38,45)(H,39,44)(H,40,46)/t25-,27+,28+,29?,30+/m1/s1. The van der Waals surface area contributed by atoms with E-state index in [2.05, 4.69) is 10.6 Å². The molecule has 1 aliphatic rings. The van der Waals surface area contributed by atoms with Crippen LogP contribution >= 0.6 is 0 Å². The molecular formula is C36H59N7O6. The van der Waals surface area contributed by atoms with E-state index < -0.39 is 72.1 Å². The first-order valence-electron chi connectivity index (χ1n) is 17.5. The summed E-state index contributed by atoms with van der Waals surface area (Å²) in [5, 5.41) is 5.41. The molecule has 1 saturated heterocycles. The molecule has 0 saturated carbocycles. The highest BCUT2D eigenvalue weighted by molar-refractivity contribution is 5.96.